The fraction of sp³-hybridized carbons (Fsp3) is 0.476. The molecule has 1 aromatic carbocycles. The summed E-state index contributed by atoms with van der Waals surface area (Å²) in [6, 6.07) is 10.5. The molecule has 3 heterocycles. The number of carbonyl (C=O) groups excluding carboxylic acids is 1. The van der Waals surface area contributed by atoms with Gasteiger partial charge in [-0.1, -0.05) is 0 Å². The highest BCUT2D eigenvalue weighted by atomic mass is 32.2. The van der Waals surface area contributed by atoms with Crippen LogP contribution in [0.2, 0.25) is 0 Å². The predicted molar refractivity (Wildman–Crippen MR) is 112 cm³/mol. The highest BCUT2D eigenvalue weighted by Crippen LogP contribution is 2.25. The van der Waals surface area contributed by atoms with Gasteiger partial charge >= 0.3 is 0 Å². The van der Waals surface area contributed by atoms with Gasteiger partial charge in [0.25, 0.3) is 5.91 Å². The molecule has 0 spiro atoms. The summed E-state index contributed by atoms with van der Waals surface area (Å²) in [7, 11) is -3.47. The van der Waals surface area contributed by atoms with Crippen LogP contribution in [0.1, 0.15) is 23.4 Å². The van der Waals surface area contributed by atoms with Gasteiger partial charge in [0.2, 0.25) is 10.0 Å². The Hall–Kier alpha value is -2.36. The maximum Gasteiger partial charge on any atom is 0.286 e. The van der Waals surface area contributed by atoms with Crippen LogP contribution < -0.4 is 10.2 Å². The lowest BCUT2D eigenvalue weighted by Crippen LogP contribution is -2.40. The summed E-state index contributed by atoms with van der Waals surface area (Å²) in [5.41, 5.74) is 1.02. The first-order valence-electron chi connectivity index (χ1n) is 10.3. The van der Waals surface area contributed by atoms with E-state index in [9.17, 15) is 13.2 Å². The Labute approximate surface area is 176 Å². The number of rotatable bonds is 6. The van der Waals surface area contributed by atoms with Gasteiger partial charge in [0, 0.05) is 38.4 Å². The van der Waals surface area contributed by atoms with Crippen LogP contribution in [-0.2, 0) is 14.8 Å². The first kappa shape index (κ1) is 20.9. The summed E-state index contributed by atoms with van der Waals surface area (Å²) in [6.45, 7) is 4.04. The second-order valence-electron chi connectivity index (χ2n) is 7.63. The molecule has 2 aliphatic heterocycles. The van der Waals surface area contributed by atoms with E-state index in [2.05, 4.69) is 10.2 Å². The average Bonchev–Trinajstić information content (AvgIpc) is 3.34. The number of nitrogens with zero attached hydrogens (tertiary/aromatic N) is 2. The van der Waals surface area contributed by atoms with Crippen molar-refractivity contribution in [3.63, 3.8) is 0 Å². The van der Waals surface area contributed by atoms with E-state index in [1.54, 1.807) is 24.3 Å². The molecule has 0 radical (unpaired) electrons. The molecule has 0 aliphatic carbocycles. The topological polar surface area (TPSA) is 92.1 Å². The lowest BCUT2D eigenvalue weighted by molar-refractivity contribution is 0.0730. The maximum atomic E-state index is 12.7. The van der Waals surface area contributed by atoms with Crippen molar-refractivity contribution in [2.75, 3.05) is 50.8 Å². The quantitative estimate of drug-likeness (QED) is 0.749. The number of carbonyl (C=O) groups is 1. The first-order chi connectivity index (χ1) is 14.5. The van der Waals surface area contributed by atoms with Gasteiger partial charge in [0.1, 0.15) is 0 Å². The van der Waals surface area contributed by atoms with E-state index < -0.39 is 10.0 Å². The van der Waals surface area contributed by atoms with Crippen molar-refractivity contribution in [3.05, 3.63) is 48.4 Å². The summed E-state index contributed by atoms with van der Waals surface area (Å²) < 4.78 is 37.3. The Bertz CT molecular complexity index is 930. The fourth-order valence-corrected chi connectivity index (χ4v) is 5.30. The summed E-state index contributed by atoms with van der Waals surface area (Å²) in [5.74, 6) is 0.570. The average molecular weight is 434 g/mol. The molecule has 2 saturated heterocycles. The van der Waals surface area contributed by atoms with Crippen LogP contribution in [0.25, 0.3) is 0 Å². The van der Waals surface area contributed by atoms with Gasteiger partial charge in [0.05, 0.1) is 24.4 Å². The molecule has 9 heteroatoms. The molecule has 2 fully saturated rings. The van der Waals surface area contributed by atoms with E-state index in [1.807, 2.05) is 12.1 Å². The first-order valence-corrected chi connectivity index (χ1v) is 11.7. The van der Waals surface area contributed by atoms with Gasteiger partial charge in [-0.15, -0.1) is 0 Å². The number of furan rings is 1. The Kier molecular flexibility index (Phi) is 6.40. The Morgan fingerprint density at radius 1 is 1.03 bits per heavy atom. The van der Waals surface area contributed by atoms with Crippen molar-refractivity contribution in [2.24, 2.45) is 5.92 Å². The minimum Gasteiger partial charge on any atom is -0.459 e. The van der Waals surface area contributed by atoms with Crippen molar-refractivity contribution in [2.45, 2.75) is 17.7 Å². The van der Waals surface area contributed by atoms with Crippen molar-refractivity contribution >= 4 is 21.6 Å². The van der Waals surface area contributed by atoms with Crippen LogP contribution in [0, 0.1) is 5.92 Å². The number of ether oxygens (including phenoxy) is 1. The summed E-state index contributed by atoms with van der Waals surface area (Å²) in [5, 5.41) is 2.93. The number of sulfonamides is 1. The molecule has 30 heavy (non-hydrogen) atoms. The maximum absolute atomic E-state index is 12.7. The van der Waals surface area contributed by atoms with Crippen molar-refractivity contribution in [1.29, 1.82) is 0 Å². The Balaban J connectivity index is 1.29. The van der Waals surface area contributed by atoms with Gasteiger partial charge < -0.3 is 19.4 Å². The standard InChI is InChI=1S/C21H27N3O5S/c25-21(20-2-1-13-29-20)22-16-17-7-9-23(10-8-17)18-3-5-19(6-4-18)30(26,27)24-11-14-28-15-12-24/h1-6,13,17H,7-12,14-16H2,(H,22,25). The van der Waals surface area contributed by atoms with Crippen LogP contribution in [0.5, 0.6) is 0 Å². The minimum absolute atomic E-state index is 0.181. The van der Waals surface area contributed by atoms with Crippen molar-refractivity contribution in [1.82, 2.24) is 9.62 Å². The lowest BCUT2D eigenvalue weighted by Gasteiger charge is -2.34. The normalized spacial score (nSPS) is 19.0. The Morgan fingerprint density at radius 2 is 1.73 bits per heavy atom. The molecule has 4 rings (SSSR count). The molecule has 0 bridgehead atoms. The van der Waals surface area contributed by atoms with Gasteiger partial charge in [-0.25, -0.2) is 8.42 Å². The number of morpholine rings is 1. The number of hydrogen-bond donors (Lipinski definition) is 1. The highest BCUT2D eigenvalue weighted by Gasteiger charge is 2.27. The number of anilines is 1. The second kappa shape index (κ2) is 9.20. The minimum atomic E-state index is -3.47. The zero-order valence-electron chi connectivity index (χ0n) is 16.8. The summed E-state index contributed by atoms with van der Waals surface area (Å²) in [6.07, 6.45) is 3.42. The SMILES string of the molecule is O=C(NCC1CCN(c2ccc(S(=O)(=O)N3CCOCC3)cc2)CC1)c1ccco1. The highest BCUT2D eigenvalue weighted by molar-refractivity contribution is 7.89. The van der Waals surface area contributed by atoms with E-state index in [0.717, 1.165) is 31.6 Å². The molecule has 2 aromatic rings. The lowest BCUT2D eigenvalue weighted by atomic mass is 9.96. The fourth-order valence-electron chi connectivity index (χ4n) is 3.89. The molecule has 0 atom stereocenters. The smallest absolute Gasteiger partial charge is 0.286 e. The number of nitrogens with one attached hydrogen (secondary N) is 1. The van der Waals surface area contributed by atoms with Crippen LogP contribution in [-0.4, -0.2) is 64.6 Å². The van der Waals surface area contributed by atoms with E-state index in [0.29, 0.717) is 49.4 Å². The van der Waals surface area contributed by atoms with E-state index in [4.69, 9.17) is 9.15 Å². The van der Waals surface area contributed by atoms with Crippen LogP contribution in [0.3, 0.4) is 0 Å². The van der Waals surface area contributed by atoms with Gasteiger partial charge in [-0.3, -0.25) is 4.79 Å². The van der Waals surface area contributed by atoms with E-state index >= 15 is 0 Å². The third-order valence-corrected chi connectivity index (χ3v) is 7.63. The molecule has 0 saturated carbocycles. The summed E-state index contributed by atoms with van der Waals surface area (Å²) >= 11 is 0. The Morgan fingerprint density at radius 3 is 2.37 bits per heavy atom. The third kappa shape index (κ3) is 4.69. The van der Waals surface area contributed by atoms with Crippen LogP contribution in [0.4, 0.5) is 5.69 Å². The molecule has 2 aliphatic rings. The van der Waals surface area contributed by atoms with Gasteiger partial charge in [-0.05, 0) is 55.2 Å². The number of hydrogen-bond acceptors (Lipinski definition) is 6. The molecule has 0 unspecified atom stereocenters. The van der Waals surface area contributed by atoms with Crippen LogP contribution in [0.15, 0.2) is 52.0 Å². The number of amides is 1. The molecule has 162 valence electrons. The van der Waals surface area contributed by atoms with Crippen molar-refractivity contribution in [3.8, 4) is 0 Å². The largest absolute Gasteiger partial charge is 0.459 e. The summed E-state index contributed by atoms with van der Waals surface area (Å²) in [4.78, 5) is 14.6. The number of benzene rings is 1. The monoisotopic (exact) mass is 433 g/mol. The zero-order chi connectivity index (χ0) is 21.0. The number of piperidine rings is 1. The molecular weight excluding hydrogens is 406 g/mol. The van der Waals surface area contributed by atoms with E-state index in [1.165, 1.54) is 10.6 Å². The molecular formula is C21H27N3O5S. The van der Waals surface area contributed by atoms with E-state index in [-0.39, 0.29) is 5.91 Å². The van der Waals surface area contributed by atoms with Crippen molar-refractivity contribution < 1.29 is 22.4 Å². The predicted octanol–water partition coefficient (Wildman–Crippen LogP) is 1.95. The molecule has 1 amide bonds. The van der Waals surface area contributed by atoms with Gasteiger partial charge in [0.15, 0.2) is 5.76 Å². The van der Waals surface area contributed by atoms with Crippen LogP contribution >= 0.6 is 0 Å². The van der Waals surface area contributed by atoms with Gasteiger partial charge in [-0.2, -0.15) is 4.31 Å². The second-order valence-corrected chi connectivity index (χ2v) is 9.57. The third-order valence-electron chi connectivity index (χ3n) is 5.72. The molecule has 1 N–H and O–H groups in total. The molecule has 8 nitrogen and oxygen atoms in total. The zero-order valence-corrected chi connectivity index (χ0v) is 17.6. The molecule has 1 aromatic heterocycles.